The number of sulfonamides is 1. The molecular weight excluding hydrogens is 400 g/mol. The van der Waals surface area contributed by atoms with E-state index in [4.69, 9.17) is 4.74 Å². The van der Waals surface area contributed by atoms with Gasteiger partial charge in [0.25, 0.3) is 15.9 Å². The monoisotopic (exact) mass is 424 g/mol. The van der Waals surface area contributed by atoms with Gasteiger partial charge in [-0.15, -0.1) is 0 Å². The van der Waals surface area contributed by atoms with Crippen molar-refractivity contribution in [2.45, 2.75) is 25.7 Å². The Hall–Kier alpha value is -3.32. The van der Waals surface area contributed by atoms with Crippen molar-refractivity contribution in [1.29, 1.82) is 0 Å². The predicted molar refractivity (Wildman–Crippen MR) is 119 cm³/mol. The third kappa shape index (κ3) is 4.80. The highest BCUT2D eigenvalue weighted by atomic mass is 32.2. The van der Waals surface area contributed by atoms with E-state index in [0.717, 1.165) is 11.1 Å². The van der Waals surface area contributed by atoms with Crippen molar-refractivity contribution >= 4 is 27.3 Å². The Labute approximate surface area is 177 Å². The summed E-state index contributed by atoms with van der Waals surface area (Å²) in [6.45, 7) is 5.56. The van der Waals surface area contributed by atoms with Crippen LogP contribution in [-0.4, -0.2) is 21.4 Å². The molecule has 2 N–H and O–H groups in total. The van der Waals surface area contributed by atoms with Gasteiger partial charge in [-0.05, 0) is 74.4 Å². The highest BCUT2D eigenvalue weighted by Gasteiger charge is 2.16. The van der Waals surface area contributed by atoms with E-state index in [1.54, 1.807) is 62.6 Å². The average Bonchev–Trinajstić information content (AvgIpc) is 2.70. The SMILES string of the molecule is COc1ccc(C)cc1NC(=O)c1ccc(NS(=O)(=O)c2ccc(C)cc2)c(C)c1. The fourth-order valence-corrected chi connectivity index (χ4v) is 4.09. The van der Waals surface area contributed by atoms with Crippen LogP contribution in [0.1, 0.15) is 27.0 Å². The van der Waals surface area contributed by atoms with Crippen LogP contribution in [0.4, 0.5) is 11.4 Å². The highest BCUT2D eigenvalue weighted by molar-refractivity contribution is 7.92. The van der Waals surface area contributed by atoms with E-state index in [0.29, 0.717) is 28.3 Å². The summed E-state index contributed by atoms with van der Waals surface area (Å²) >= 11 is 0. The smallest absolute Gasteiger partial charge is 0.261 e. The van der Waals surface area contributed by atoms with Crippen LogP contribution in [0.5, 0.6) is 5.75 Å². The first-order valence-electron chi connectivity index (χ1n) is 9.36. The minimum absolute atomic E-state index is 0.181. The highest BCUT2D eigenvalue weighted by Crippen LogP contribution is 2.27. The van der Waals surface area contributed by atoms with Crippen LogP contribution in [0.2, 0.25) is 0 Å². The van der Waals surface area contributed by atoms with E-state index < -0.39 is 10.0 Å². The van der Waals surface area contributed by atoms with E-state index in [9.17, 15) is 13.2 Å². The van der Waals surface area contributed by atoms with Gasteiger partial charge in [-0.1, -0.05) is 23.8 Å². The maximum absolute atomic E-state index is 12.7. The van der Waals surface area contributed by atoms with Crippen molar-refractivity contribution in [3.05, 3.63) is 82.9 Å². The van der Waals surface area contributed by atoms with Gasteiger partial charge in [0.15, 0.2) is 0 Å². The van der Waals surface area contributed by atoms with Crippen molar-refractivity contribution in [1.82, 2.24) is 0 Å². The predicted octanol–water partition coefficient (Wildman–Crippen LogP) is 4.67. The van der Waals surface area contributed by atoms with Crippen LogP contribution in [0.25, 0.3) is 0 Å². The zero-order chi connectivity index (χ0) is 21.9. The zero-order valence-corrected chi connectivity index (χ0v) is 18.1. The topological polar surface area (TPSA) is 84.5 Å². The molecule has 6 nitrogen and oxygen atoms in total. The van der Waals surface area contributed by atoms with Gasteiger partial charge in [0.2, 0.25) is 0 Å². The van der Waals surface area contributed by atoms with Gasteiger partial charge in [0.1, 0.15) is 5.75 Å². The summed E-state index contributed by atoms with van der Waals surface area (Å²) in [5, 5.41) is 2.84. The van der Waals surface area contributed by atoms with E-state index in [-0.39, 0.29) is 10.8 Å². The second-order valence-corrected chi connectivity index (χ2v) is 8.79. The molecule has 0 heterocycles. The maximum Gasteiger partial charge on any atom is 0.261 e. The van der Waals surface area contributed by atoms with E-state index in [1.165, 1.54) is 0 Å². The minimum Gasteiger partial charge on any atom is -0.495 e. The van der Waals surface area contributed by atoms with Gasteiger partial charge in [0.05, 0.1) is 23.4 Å². The molecule has 30 heavy (non-hydrogen) atoms. The molecule has 0 atom stereocenters. The fourth-order valence-electron chi connectivity index (χ4n) is 2.95. The lowest BCUT2D eigenvalue weighted by atomic mass is 10.1. The molecule has 0 aliphatic heterocycles. The van der Waals surface area contributed by atoms with Crippen LogP contribution in [0.15, 0.2) is 65.6 Å². The standard InChI is InChI=1S/C23H24N2O4S/c1-15-5-9-19(10-6-15)30(27,28)25-20-11-8-18(14-17(20)3)23(26)24-21-13-16(2)7-12-22(21)29-4/h5-14,25H,1-4H3,(H,24,26). The lowest BCUT2D eigenvalue weighted by Crippen LogP contribution is -2.15. The average molecular weight is 425 g/mol. The Morgan fingerprint density at radius 3 is 2.13 bits per heavy atom. The first-order chi connectivity index (χ1) is 14.2. The van der Waals surface area contributed by atoms with Gasteiger partial charge in [-0.2, -0.15) is 0 Å². The molecule has 0 aromatic heterocycles. The van der Waals surface area contributed by atoms with E-state index in [1.807, 2.05) is 26.0 Å². The Kier molecular flexibility index (Phi) is 6.12. The number of carbonyl (C=O) groups excluding carboxylic acids is 1. The number of nitrogens with one attached hydrogen (secondary N) is 2. The van der Waals surface area contributed by atoms with Crippen molar-refractivity contribution in [3.8, 4) is 5.75 Å². The molecule has 7 heteroatoms. The van der Waals surface area contributed by atoms with Gasteiger partial charge in [0, 0.05) is 5.56 Å². The summed E-state index contributed by atoms with van der Waals surface area (Å²) in [7, 11) is -2.17. The van der Waals surface area contributed by atoms with Crippen molar-refractivity contribution < 1.29 is 17.9 Å². The molecular formula is C23H24N2O4S. The van der Waals surface area contributed by atoms with Crippen LogP contribution < -0.4 is 14.8 Å². The third-order valence-corrected chi connectivity index (χ3v) is 6.05. The Balaban J connectivity index is 1.80. The number of hydrogen-bond donors (Lipinski definition) is 2. The van der Waals surface area contributed by atoms with Crippen LogP contribution in [0.3, 0.4) is 0 Å². The number of carbonyl (C=O) groups is 1. The second kappa shape index (κ2) is 8.59. The van der Waals surface area contributed by atoms with E-state index >= 15 is 0 Å². The number of amides is 1. The van der Waals surface area contributed by atoms with Crippen LogP contribution in [-0.2, 0) is 10.0 Å². The number of anilines is 2. The first kappa shape index (κ1) is 21.4. The van der Waals surface area contributed by atoms with Crippen molar-refractivity contribution in [2.24, 2.45) is 0 Å². The minimum atomic E-state index is -3.72. The van der Waals surface area contributed by atoms with Crippen LogP contribution >= 0.6 is 0 Å². The lowest BCUT2D eigenvalue weighted by Gasteiger charge is -2.14. The number of benzene rings is 3. The Morgan fingerprint density at radius 1 is 0.833 bits per heavy atom. The summed E-state index contributed by atoms with van der Waals surface area (Å²) < 4.78 is 33.1. The van der Waals surface area contributed by atoms with Crippen molar-refractivity contribution in [2.75, 3.05) is 17.1 Å². The van der Waals surface area contributed by atoms with Gasteiger partial charge in [-0.25, -0.2) is 8.42 Å². The van der Waals surface area contributed by atoms with Gasteiger partial charge in [-0.3, -0.25) is 9.52 Å². The number of ether oxygens (including phenoxy) is 1. The maximum atomic E-state index is 12.7. The molecule has 0 spiro atoms. The Bertz CT molecular complexity index is 1190. The van der Waals surface area contributed by atoms with Gasteiger partial charge < -0.3 is 10.1 Å². The summed E-state index contributed by atoms with van der Waals surface area (Å²) in [5.74, 6) is 0.253. The molecule has 156 valence electrons. The van der Waals surface area contributed by atoms with E-state index in [2.05, 4.69) is 10.0 Å². The molecule has 1 amide bonds. The summed E-state index contributed by atoms with van der Waals surface area (Å²) in [6, 6.07) is 16.9. The molecule has 3 rings (SSSR count). The number of rotatable bonds is 6. The normalized spacial score (nSPS) is 11.1. The molecule has 0 aliphatic rings. The lowest BCUT2D eigenvalue weighted by molar-refractivity contribution is 0.102. The van der Waals surface area contributed by atoms with Crippen LogP contribution in [0, 0.1) is 20.8 Å². The molecule has 0 saturated carbocycles. The summed E-state index contributed by atoms with van der Waals surface area (Å²) in [4.78, 5) is 12.9. The summed E-state index contributed by atoms with van der Waals surface area (Å²) in [6.07, 6.45) is 0. The molecule has 3 aromatic carbocycles. The summed E-state index contributed by atoms with van der Waals surface area (Å²) in [5.41, 5.74) is 4.00. The third-order valence-electron chi connectivity index (χ3n) is 4.67. The molecule has 0 aliphatic carbocycles. The quantitative estimate of drug-likeness (QED) is 0.602. The first-order valence-corrected chi connectivity index (χ1v) is 10.8. The van der Waals surface area contributed by atoms with Gasteiger partial charge >= 0.3 is 0 Å². The Morgan fingerprint density at radius 2 is 1.50 bits per heavy atom. The molecule has 0 fully saturated rings. The second-order valence-electron chi connectivity index (χ2n) is 7.11. The fraction of sp³-hybridized carbons (Fsp3) is 0.174. The molecule has 0 radical (unpaired) electrons. The number of methoxy groups -OCH3 is 1. The van der Waals surface area contributed by atoms with Crippen molar-refractivity contribution in [3.63, 3.8) is 0 Å². The largest absolute Gasteiger partial charge is 0.495 e. The number of hydrogen-bond acceptors (Lipinski definition) is 4. The molecule has 0 unspecified atom stereocenters. The molecule has 0 saturated heterocycles. The molecule has 0 bridgehead atoms. The molecule has 3 aromatic rings. The zero-order valence-electron chi connectivity index (χ0n) is 17.3. The number of aryl methyl sites for hydroxylation is 3.